The van der Waals surface area contributed by atoms with E-state index in [9.17, 15) is 4.79 Å². The molecule has 1 aromatic rings. The van der Waals surface area contributed by atoms with Crippen molar-refractivity contribution >= 4 is 17.6 Å². The van der Waals surface area contributed by atoms with Crippen molar-refractivity contribution in [2.24, 2.45) is 0 Å². The smallest absolute Gasteiger partial charge is 0.358 e. The summed E-state index contributed by atoms with van der Waals surface area (Å²) in [6.07, 6.45) is 3.22. The Kier molecular flexibility index (Phi) is 3.13. The monoisotopic (exact) mass is 228 g/mol. The van der Waals surface area contributed by atoms with Crippen molar-refractivity contribution in [1.29, 1.82) is 0 Å². The third-order valence-corrected chi connectivity index (χ3v) is 2.16. The maximum absolute atomic E-state index is 11.5. The van der Waals surface area contributed by atoms with Crippen LogP contribution < -0.4 is 0 Å². The van der Waals surface area contributed by atoms with Crippen LogP contribution >= 0.6 is 11.6 Å². The van der Waals surface area contributed by atoms with Crippen LogP contribution in [0.1, 0.15) is 16.9 Å². The molecule has 5 nitrogen and oxygen atoms in total. The highest BCUT2D eigenvalue weighted by molar-refractivity contribution is 6.29. The maximum atomic E-state index is 11.5. The van der Waals surface area contributed by atoms with E-state index in [2.05, 4.69) is 9.97 Å². The average molecular weight is 229 g/mol. The third-order valence-electron chi connectivity index (χ3n) is 1.98. The number of ether oxygens (including phenoxy) is 2. The number of rotatable bonds is 2. The fourth-order valence-electron chi connectivity index (χ4n) is 1.26. The van der Waals surface area contributed by atoms with Crippen molar-refractivity contribution in [2.75, 3.05) is 13.2 Å². The number of aromatic nitrogens is 2. The standard InChI is InChI=1S/C9H9ClN2O3/c10-8-4-11-3-7(12-8)9(13)15-6-1-2-14-5-6/h3-4,6H,1-2,5H2. The second kappa shape index (κ2) is 4.55. The lowest BCUT2D eigenvalue weighted by atomic mass is 10.3. The molecule has 1 aliphatic heterocycles. The Bertz CT molecular complexity index is 366. The molecule has 0 aliphatic carbocycles. The van der Waals surface area contributed by atoms with Crippen LogP contribution in [0.4, 0.5) is 0 Å². The summed E-state index contributed by atoms with van der Waals surface area (Å²) >= 11 is 5.60. The van der Waals surface area contributed by atoms with Crippen LogP contribution in [0.5, 0.6) is 0 Å². The molecule has 0 spiro atoms. The second-order valence-corrected chi connectivity index (χ2v) is 3.51. The molecule has 1 aromatic heterocycles. The molecule has 0 N–H and O–H groups in total. The molecule has 0 radical (unpaired) electrons. The summed E-state index contributed by atoms with van der Waals surface area (Å²) in [6, 6.07) is 0. The number of hydrogen-bond donors (Lipinski definition) is 0. The average Bonchev–Trinajstić information content (AvgIpc) is 2.70. The van der Waals surface area contributed by atoms with E-state index < -0.39 is 5.97 Å². The molecule has 1 saturated heterocycles. The Morgan fingerprint density at radius 2 is 2.47 bits per heavy atom. The first-order chi connectivity index (χ1) is 7.25. The molecular weight excluding hydrogens is 220 g/mol. The topological polar surface area (TPSA) is 61.3 Å². The molecule has 0 amide bonds. The lowest BCUT2D eigenvalue weighted by Crippen LogP contribution is -2.19. The van der Waals surface area contributed by atoms with Crippen LogP contribution in [0, 0.1) is 0 Å². The Morgan fingerprint density at radius 1 is 1.60 bits per heavy atom. The largest absolute Gasteiger partial charge is 0.455 e. The molecule has 80 valence electrons. The summed E-state index contributed by atoms with van der Waals surface area (Å²) in [6.45, 7) is 1.07. The second-order valence-electron chi connectivity index (χ2n) is 3.12. The summed E-state index contributed by atoms with van der Waals surface area (Å²) in [5, 5.41) is 0.173. The molecule has 6 heteroatoms. The number of esters is 1. The zero-order valence-electron chi connectivity index (χ0n) is 7.85. The van der Waals surface area contributed by atoms with Gasteiger partial charge in [0, 0.05) is 6.42 Å². The number of hydrogen-bond acceptors (Lipinski definition) is 5. The van der Waals surface area contributed by atoms with Crippen molar-refractivity contribution in [3.05, 3.63) is 23.2 Å². The molecule has 0 saturated carbocycles. The molecule has 0 bridgehead atoms. The molecule has 1 atom stereocenters. The summed E-state index contributed by atoms with van der Waals surface area (Å²) in [5.74, 6) is -0.513. The lowest BCUT2D eigenvalue weighted by Gasteiger charge is -2.08. The van der Waals surface area contributed by atoms with Gasteiger partial charge in [-0.3, -0.25) is 4.98 Å². The van der Waals surface area contributed by atoms with E-state index in [1.165, 1.54) is 12.4 Å². The van der Waals surface area contributed by atoms with Gasteiger partial charge >= 0.3 is 5.97 Å². The summed E-state index contributed by atoms with van der Waals surface area (Å²) in [7, 11) is 0. The Morgan fingerprint density at radius 3 is 3.13 bits per heavy atom. The molecule has 1 fully saturated rings. The zero-order chi connectivity index (χ0) is 10.7. The van der Waals surface area contributed by atoms with Gasteiger partial charge in [-0.05, 0) is 0 Å². The van der Waals surface area contributed by atoms with Gasteiger partial charge < -0.3 is 9.47 Å². The Labute approximate surface area is 91.4 Å². The van der Waals surface area contributed by atoms with Gasteiger partial charge in [0.25, 0.3) is 0 Å². The fourth-order valence-corrected chi connectivity index (χ4v) is 1.41. The Hall–Kier alpha value is -1.20. The van der Waals surface area contributed by atoms with Crippen molar-refractivity contribution in [2.45, 2.75) is 12.5 Å². The number of halogens is 1. The third kappa shape index (κ3) is 2.64. The van der Waals surface area contributed by atoms with Gasteiger partial charge in [0.05, 0.1) is 25.6 Å². The molecule has 15 heavy (non-hydrogen) atoms. The van der Waals surface area contributed by atoms with Crippen molar-refractivity contribution in [3.8, 4) is 0 Å². The van der Waals surface area contributed by atoms with Crippen molar-refractivity contribution in [3.63, 3.8) is 0 Å². The van der Waals surface area contributed by atoms with Gasteiger partial charge in [0.1, 0.15) is 11.3 Å². The molecule has 2 heterocycles. The van der Waals surface area contributed by atoms with E-state index in [0.29, 0.717) is 13.2 Å². The van der Waals surface area contributed by atoms with E-state index in [1.54, 1.807) is 0 Å². The fraction of sp³-hybridized carbons (Fsp3) is 0.444. The lowest BCUT2D eigenvalue weighted by molar-refractivity contribution is 0.0263. The van der Waals surface area contributed by atoms with Gasteiger partial charge in [0.15, 0.2) is 5.69 Å². The van der Waals surface area contributed by atoms with Crippen LogP contribution in [-0.2, 0) is 9.47 Å². The van der Waals surface area contributed by atoms with Gasteiger partial charge in [-0.2, -0.15) is 0 Å². The minimum Gasteiger partial charge on any atom is -0.455 e. The van der Waals surface area contributed by atoms with Crippen LogP contribution in [0.2, 0.25) is 5.15 Å². The molecule has 1 aliphatic rings. The van der Waals surface area contributed by atoms with E-state index in [0.717, 1.165) is 6.42 Å². The maximum Gasteiger partial charge on any atom is 0.358 e. The van der Waals surface area contributed by atoms with Gasteiger partial charge in [-0.15, -0.1) is 0 Å². The van der Waals surface area contributed by atoms with Crippen LogP contribution in [0.3, 0.4) is 0 Å². The summed E-state index contributed by atoms with van der Waals surface area (Å²) in [4.78, 5) is 19.1. The molecule has 0 aromatic carbocycles. The highest BCUT2D eigenvalue weighted by atomic mass is 35.5. The van der Waals surface area contributed by atoms with Crippen LogP contribution in [0.25, 0.3) is 0 Å². The van der Waals surface area contributed by atoms with Gasteiger partial charge in [-0.1, -0.05) is 11.6 Å². The number of nitrogens with zero attached hydrogens (tertiary/aromatic N) is 2. The minimum absolute atomic E-state index is 0.120. The molecule has 1 unspecified atom stereocenters. The van der Waals surface area contributed by atoms with E-state index in [-0.39, 0.29) is 17.0 Å². The molecule has 2 rings (SSSR count). The Balaban J connectivity index is 2.01. The quantitative estimate of drug-likeness (QED) is 0.709. The van der Waals surface area contributed by atoms with E-state index in [4.69, 9.17) is 21.1 Å². The van der Waals surface area contributed by atoms with Crippen molar-refractivity contribution in [1.82, 2.24) is 9.97 Å². The minimum atomic E-state index is -0.513. The number of carbonyl (C=O) groups excluding carboxylic acids is 1. The van der Waals surface area contributed by atoms with E-state index in [1.807, 2.05) is 0 Å². The van der Waals surface area contributed by atoms with Crippen LogP contribution in [-0.4, -0.2) is 35.3 Å². The van der Waals surface area contributed by atoms with Crippen LogP contribution in [0.15, 0.2) is 12.4 Å². The highest BCUT2D eigenvalue weighted by Crippen LogP contribution is 2.11. The van der Waals surface area contributed by atoms with E-state index >= 15 is 0 Å². The summed E-state index contributed by atoms with van der Waals surface area (Å²) < 4.78 is 10.2. The number of carbonyl (C=O) groups is 1. The first kappa shape index (κ1) is 10.3. The highest BCUT2D eigenvalue weighted by Gasteiger charge is 2.21. The normalized spacial score (nSPS) is 20.2. The summed E-state index contributed by atoms with van der Waals surface area (Å²) in [5.41, 5.74) is 0.120. The first-order valence-electron chi connectivity index (χ1n) is 4.52. The predicted molar refractivity (Wildman–Crippen MR) is 51.7 cm³/mol. The zero-order valence-corrected chi connectivity index (χ0v) is 8.61. The molecular formula is C9H9ClN2O3. The predicted octanol–water partition coefficient (Wildman–Crippen LogP) is 1.08. The van der Waals surface area contributed by atoms with Gasteiger partial charge in [0.2, 0.25) is 0 Å². The van der Waals surface area contributed by atoms with Gasteiger partial charge in [-0.25, -0.2) is 9.78 Å². The SMILES string of the molecule is O=C(OC1CCOC1)c1cncc(Cl)n1. The first-order valence-corrected chi connectivity index (χ1v) is 4.90. The van der Waals surface area contributed by atoms with Crippen molar-refractivity contribution < 1.29 is 14.3 Å².